The van der Waals surface area contributed by atoms with Crippen molar-refractivity contribution in [3.05, 3.63) is 0 Å². The molecule has 0 aromatic heterocycles. The maximum atomic E-state index is 10.5. The van der Waals surface area contributed by atoms with E-state index < -0.39 is 12.5 Å². The van der Waals surface area contributed by atoms with Gasteiger partial charge in [-0.2, -0.15) is 5.10 Å². The first-order chi connectivity index (χ1) is 5.33. The van der Waals surface area contributed by atoms with Crippen molar-refractivity contribution < 1.29 is 14.6 Å². The summed E-state index contributed by atoms with van der Waals surface area (Å²) in [7, 11) is 0. The third-order valence-corrected chi connectivity index (χ3v) is 1.29. The fraction of sp³-hybridized carbons (Fsp3) is 0.667. The second-order valence-corrected chi connectivity index (χ2v) is 2.17. The van der Waals surface area contributed by atoms with Gasteiger partial charge in [-0.3, -0.25) is 4.79 Å². The predicted octanol–water partition coefficient (Wildman–Crippen LogP) is -1.13. The Labute approximate surface area is 64.0 Å². The Morgan fingerprint density at radius 1 is 1.82 bits per heavy atom. The minimum atomic E-state index is -0.530. The maximum absolute atomic E-state index is 10.5. The molecule has 0 saturated carbocycles. The van der Waals surface area contributed by atoms with Crippen molar-refractivity contribution in [3.8, 4) is 0 Å². The van der Waals surface area contributed by atoms with E-state index in [9.17, 15) is 4.79 Å². The average molecular weight is 158 g/mol. The van der Waals surface area contributed by atoms with Crippen LogP contribution >= 0.6 is 0 Å². The Morgan fingerprint density at radius 2 is 2.64 bits per heavy atom. The summed E-state index contributed by atoms with van der Waals surface area (Å²) in [6.45, 7) is 0.608. The molecule has 62 valence electrons. The number of nitrogens with zero attached hydrogens (tertiary/aromatic N) is 1. The quantitative estimate of drug-likeness (QED) is 0.499. The van der Waals surface area contributed by atoms with Crippen LogP contribution in [0.25, 0.3) is 0 Å². The van der Waals surface area contributed by atoms with Gasteiger partial charge in [0.15, 0.2) is 0 Å². The monoisotopic (exact) mass is 158 g/mol. The molecule has 1 fully saturated rings. The van der Waals surface area contributed by atoms with Gasteiger partial charge < -0.3 is 9.84 Å². The Hall–Kier alpha value is -0.940. The fourth-order valence-electron chi connectivity index (χ4n) is 0.717. The van der Waals surface area contributed by atoms with E-state index in [-0.39, 0.29) is 0 Å². The van der Waals surface area contributed by atoms with Crippen LogP contribution in [0.1, 0.15) is 6.42 Å². The number of carbonyl (C=O) groups is 1. The third kappa shape index (κ3) is 2.65. The summed E-state index contributed by atoms with van der Waals surface area (Å²) in [5.41, 5.74) is 3.01. The molecule has 0 aromatic carbocycles. The first-order valence-corrected chi connectivity index (χ1v) is 3.36. The summed E-state index contributed by atoms with van der Waals surface area (Å²) in [6.07, 6.45) is 0.756. The highest BCUT2D eigenvalue weighted by Gasteiger charge is 2.08. The molecule has 0 unspecified atom stereocenters. The zero-order chi connectivity index (χ0) is 8.10. The van der Waals surface area contributed by atoms with Gasteiger partial charge in [0.05, 0.1) is 18.9 Å². The van der Waals surface area contributed by atoms with Crippen molar-refractivity contribution in [2.24, 2.45) is 5.10 Å². The van der Waals surface area contributed by atoms with Gasteiger partial charge in [-0.1, -0.05) is 0 Å². The van der Waals surface area contributed by atoms with Crippen molar-refractivity contribution in [2.75, 3.05) is 19.8 Å². The number of hydrazone groups is 1. The van der Waals surface area contributed by atoms with Crippen LogP contribution in [0.5, 0.6) is 0 Å². The van der Waals surface area contributed by atoms with Gasteiger partial charge in [0.1, 0.15) is 6.61 Å². The van der Waals surface area contributed by atoms with Gasteiger partial charge in [-0.25, -0.2) is 5.43 Å². The molecule has 0 spiro atoms. The third-order valence-electron chi connectivity index (χ3n) is 1.29. The lowest BCUT2D eigenvalue weighted by molar-refractivity contribution is -0.123. The van der Waals surface area contributed by atoms with Crippen LogP contribution < -0.4 is 5.43 Å². The Kier molecular flexibility index (Phi) is 3.00. The molecule has 1 aliphatic heterocycles. The summed E-state index contributed by atoms with van der Waals surface area (Å²) in [6, 6.07) is 0. The average Bonchev–Trinajstić information content (AvgIpc) is 2.52. The molecular formula is C6H10N2O3. The zero-order valence-electron chi connectivity index (χ0n) is 6.04. The summed E-state index contributed by atoms with van der Waals surface area (Å²) in [5.74, 6) is -0.496. The first-order valence-electron chi connectivity index (χ1n) is 3.36. The lowest BCUT2D eigenvalue weighted by atomic mass is 10.3. The molecule has 1 amide bonds. The molecule has 1 saturated heterocycles. The molecule has 0 aliphatic carbocycles. The smallest absolute Gasteiger partial charge is 0.265 e. The second-order valence-electron chi connectivity index (χ2n) is 2.17. The van der Waals surface area contributed by atoms with Crippen LogP contribution in [0.15, 0.2) is 5.10 Å². The van der Waals surface area contributed by atoms with Crippen molar-refractivity contribution in [3.63, 3.8) is 0 Å². The van der Waals surface area contributed by atoms with Crippen LogP contribution in [-0.2, 0) is 9.53 Å². The van der Waals surface area contributed by atoms with Crippen LogP contribution in [0.2, 0.25) is 0 Å². The Balaban J connectivity index is 2.28. The SMILES string of the molecule is O=C(CO)N/N=C1/CCOC1. The van der Waals surface area contributed by atoms with Crippen molar-refractivity contribution in [1.82, 2.24) is 5.43 Å². The standard InChI is InChI=1S/C6H10N2O3/c9-3-6(10)8-7-5-1-2-11-4-5/h9H,1-4H2,(H,8,10)/b7-5-. The van der Waals surface area contributed by atoms with Gasteiger partial charge in [-0.05, 0) is 0 Å². The molecule has 11 heavy (non-hydrogen) atoms. The number of aliphatic hydroxyl groups is 1. The lowest BCUT2D eigenvalue weighted by Gasteiger charge is -1.95. The van der Waals surface area contributed by atoms with Gasteiger partial charge in [-0.15, -0.1) is 0 Å². The van der Waals surface area contributed by atoms with E-state index in [1.807, 2.05) is 0 Å². The molecular weight excluding hydrogens is 148 g/mol. The van der Waals surface area contributed by atoms with E-state index in [0.29, 0.717) is 13.2 Å². The van der Waals surface area contributed by atoms with Crippen molar-refractivity contribution in [1.29, 1.82) is 0 Å². The number of hydrogen-bond acceptors (Lipinski definition) is 4. The zero-order valence-corrected chi connectivity index (χ0v) is 6.04. The lowest BCUT2D eigenvalue weighted by Crippen LogP contribution is -2.22. The summed E-state index contributed by atoms with van der Waals surface area (Å²) in [4.78, 5) is 10.5. The van der Waals surface area contributed by atoms with Gasteiger partial charge in [0, 0.05) is 6.42 Å². The van der Waals surface area contributed by atoms with Gasteiger partial charge in [0.2, 0.25) is 0 Å². The van der Waals surface area contributed by atoms with Crippen molar-refractivity contribution in [2.45, 2.75) is 6.42 Å². The van der Waals surface area contributed by atoms with Crippen LogP contribution in [0.3, 0.4) is 0 Å². The highest BCUT2D eigenvalue weighted by molar-refractivity contribution is 5.88. The summed E-state index contributed by atoms with van der Waals surface area (Å²) < 4.78 is 4.98. The number of nitrogens with one attached hydrogen (secondary N) is 1. The molecule has 2 N–H and O–H groups in total. The van der Waals surface area contributed by atoms with Gasteiger partial charge in [0.25, 0.3) is 5.91 Å². The fourth-order valence-corrected chi connectivity index (χ4v) is 0.717. The molecule has 1 aliphatic rings. The van der Waals surface area contributed by atoms with Crippen molar-refractivity contribution >= 4 is 11.6 Å². The van der Waals surface area contributed by atoms with Crippen LogP contribution in [-0.4, -0.2) is 36.5 Å². The minimum Gasteiger partial charge on any atom is -0.386 e. The highest BCUT2D eigenvalue weighted by Crippen LogP contribution is 1.97. The van der Waals surface area contributed by atoms with E-state index in [1.54, 1.807) is 0 Å². The molecule has 1 rings (SSSR count). The Bertz CT molecular complexity index is 171. The molecule has 5 nitrogen and oxygen atoms in total. The largest absolute Gasteiger partial charge is 0.386 e. The molecule has 1 heterocycles. The molecule has 0 radical (unpaired) electrons. The molecule has 0 bridgehead atoms. The number of ether oxygens (including phenoxy) is 1. The number of amides is 1. The molecule has 5 heteroatoms. The van der Waals surface area contributed by atoms with E-state index >= 15 is 0 Å². The number of rotatable bonds is 2. The summed E-state index contributed by atoms with van der Waals surface area (Å²) in [5, 5.41) is 12.0. The van der Waals surface area contributed by atoms with E-state index in [1.165, 1.54) is 0 Å². The summed E-state index contributed by atoms with van der Waals surface area (Å²) >= 11 is 0. The molecule has 0 atom stereocenters. The van der Waals surface area contributed by atoms with E-state index in [2.05, 4.69) is 10.5 Å². The molecule has 0 aromatic rings. The number of hydrogen-bond donors (Lipinski definition) is 2. The van der Waals surface area contributed by atoms with Crippen LogP contribution in [0.4, 0.5) is 0 Å². The number of carbonyl (C=O) groups excluding carboxylic acids is 1. The minimum absolute atomic E-state index is 0.478. The first kappa shape index (κ1) is 8.16. The highest BCUT2D eigenvalue weighted by atomic mass is 16.5. The number of aliphatic hydroxyl groups excluding tert-OH is 1. The van der Waals surface area contributed by atoms with Gasteiger partial charge >= 0.3 is 0 Å². The second kappa shape index (κ2) is 4.05. The van der Waals surface area contributed by atoms with Crippen LogP contribution in [0, 0.1) is 0 Å². The normalized spacial score (nSPS) is 20.6. The predicted molar refractivity (Wildman–Crippen MR) is 38.1 cm³/mol. The maximum Gasteiger partial charge on any atom is 0.265 e. The Morgan fingerprint density at radius 3 is 3.18 bits per heavy atom. The van der Waals surface area contributed by atoms with E-state index in [0.717, 1.165) is 12.1 Å². The van der Waals surface area contributed by atoms with E-state index in [4.69, 9.17) is 9.84 Å². The topological polar surface area (TPSA) is 70.9 Å².